The van der Waals surface area contributed by atoms with Crippen molar-refractivity contribution >= 4 is 10.0 Å². The van der Waals surface area contributed by atoms with Crippen molar-refractivity contribution in [1.29, 1.82) is 0 Å². The normalized spacial score (nSPS) is 26.3. The summed E-state index contributed by atoms with van der Waals surface area (Å²) in [5, 5.41) is 0. The molecule has 2 atom stereocenters. The Morgan fingerprint density at radius 2 is 1.56 bits per heavy atom. The molecule has 98 valence electrons. The van der Waals surface area contributed by atoms with Crippen molar-refractivity contribution in [1.82, 2.24) is 4.31 Å². The third kappa shape index (κ3) is 2.72. The van der Waals surface area contributed by atoms with E-state index in [1.54, 1.807) is 30.3 Å². The maximum atomic E-state index is 12.5. The molecule has 0 bridgehead atoms. The number of hydrogen-bond acceptors (Lipinski definition) is 4. The smallest absolute Gasteiger partial charge is 0.243 e. The summed E-state index contributed by atoms with van der Waals surface area (Å²) in [6.07, 6.45) is 0.0875. The maximum Gasteiger partial charge on any atom is 0.243 e. The van der Waals surface area contributed by atoms with E-state index in [-0.39, 0.29) is 12.2 Å². The zero-order valence-corrected chi connectivity index (χ0v) is 10.7. The Bertz CT molecular complexity index is 494. The Hall–Kier alpha value is -0.950. The van der Waals surface area contributed by atoms with Gasteiger partial charge in [-0.3, -0.25) is 0 Å². The lowest BCUT2D eigenvalue weighted by molar-refractivity contribution is 0.304. The molecule has 1 aromatic carbocycles. The molecular weight excluding hydrogens is 254 g/mol. The van der Waals surface area contributed by atoms with Gasteiger partial charge in [0, 0.05) is 13.1 Å². The van der Waals surface area contributed by atoms with Gasteiger partial charge in [-0.1, -0.05) is 18.2 Å². The summed E-state index contributed by atoms with van der Waals surface area (Å²) >= 11 is 0. The summed E-state index contributed by atoms with van der Waals surface area (Å²) in [5.41, 5.74) is 0. The molecule has 0 amide bonds. The molecule has 6 heteroatoms. The molecule has 0 spiro atoms. The summed E-state index contributed by atoms with van der Waals surface area (Å²) in [4.78, 5) is 0.325. The molecule has 5 nitrogen and oxygen atoms in total. The van der Waals surface area contributed by atoms with Gasteiger partial charge in [-0.2, -0.15) is 4.31 Å². The van der Waals surface area contributed by atoms with Gasteiger partial charge in [0.05, 0.1) is 30.3 Å². The number of sulfonamides is 1. The molecule has 3 rings (SSSR count). The lowest BCUT2D eigenvalue weighted by atomic mass is 10.4. The fraction of sp³-hybridized carbons (Fsp3) is 0.500. The van der Waals surface area contributed by atoms with E-state index < -0.39 is 10.0 Å². The number of epoxide rings is 2. The summed E-state index contributed by atoms with van der Waals surface area (Å²) in [6, 6.07) is 8.49. The van der Waals surface area contributed by atoms with Gasteiger partial charge in [0.1, 0.15) is 0 Å². The molecule has 2 aliphatic rings. The van der Waals surface area contributed by atoms with Crippen LogP contribution in [0.1, 0.15) is 0 Å². The molecule has 0 radical (unpaired) electrons. The van der Waals surface area contributed by atoms with Crippen molar-refractivity contribution in [3.63, 3.8) is 0 Å². The third-order valence-corrected chi connectivity index (χ3v) is 4.85. The van der Waals surface area contributed by atoms with E-state index in [1.807, 2.05) is 0 Å². The zero-order chi connectivity index (χ0) is 12.6. The molecule has 0 aliphatic carbocycles. The molecule has 0 N–H and O–H groups in total. The van der Waals surface area contributed by atoms with Crippen LogP contribution in [0.25, 0.3) is 0 Å². The number of ether oxygens (including phenoxy) is 2. The zero-order valence-electron chi connectivity index (χ0n) is 9.86. The molecule has 2 aliphatic heterocycles. The van der Waals surface area contributed by atoms with Gasteiger partial charge >= 0.3 is 0 Å². The van der Waals surface area contributed by atoms with Gasteiger partial charge in [0.15, 0.2) is 0 Å². The fourth-order valence-corrected chi connectivity index (χ4v) is 3.34. The number of rotatable bonds is 6. The van der Waals surface area contributed by atoms with E-state index >= 15 is 0 Å². The van der Waals surface area contributed by atoms with Crippen molar-refractivity contribution in [2.45, 2.75) is 17.1 Å². The number of nitrogens with zero attached hydrogens (tertiary/aromatic N) is 1. The predicted molar refractivity (Wildman–Crippen MR) is 64.7 cm³/mol. The second-order valence-corrected chi connectivity index (χ2v) is 6.48. The molecule has 0 aromatic heterocycles. The minimum Gasteiger partial charge on any atom is -0.372 e. The van der Waals surface area contributed by atoms with Crippen molar-refractivity contribution in [3.8, 4) is 0 Å². The van der Waals surface area contributed by atoms with Crippen LogP contribution in [0.3, 0.4) is 0 Å². The van der Waals surface area contributed by atoms with Gasteiger partial charge in [0.2, 0.25) is 10.0 Å². The van der Waals surface area contributed by atoms with Crippen LogP contribution in [0.2, 0.25) is 0 Å². The molecule has 0 saturated carbocycles. The largest absolute Gasteiger partial charge is 0.372 e. The summed E-state index contributed by atoms with van der Waals surface area (Å²) < 4.78 is 36.7. The Balaban J connectivity index is 1.82. The van der Waals surface area contributed by atoms with Crippen LogP contribution in [-0.2, 0) is 19.5 Å². The number of hydrogen-bond donors (Lipinski definition) is 0. The quantitative estimate of drug-likeness (QED) is 0.704. The topological polar surface area (TPSA) is 62.4 Å². The lowest BCUT2D eigenvalue weighted by Gasteiger charge is -2.20. The third-order valence-electron chi connectivity index (χ3n) is 3.00. The van der Waals surface area contributed by atoms with Gasteiger partial charge in [-0.25, -0.2) is 8.42 Å². The van der Waals surface area contributed by atoms with Gasteiger partial charge in [-0.05, 0) is 12.1 Å². The first kappa shape index (κ1) is 12.1. The van der Waals surface area contributed by atoms with E-state index in [0.717, 1.165) is 0 Å². The fourth-order valence-electron chi connectivity index (χ4n) is 1.81. The first-order valence-corrected chi connectivity index (χ1v) is 7.38. The first-order valence-electron chi connectivity index (χ1n) is 5.94. The molecular formula is C12H15NO4S. The van der Waals surface area contributed by atoms with Crippen LogP contribution in [0.5, 0.6) is 0 Å². The predicted octanol–water partition coefficient (Wildman–Crippen LogP) is 0.475. The average molecular weight is 269 g/mol. The summed E-state index contributed by atoms with van der Waals surface area (Å²) in [7, 11) is -3.44. The molecule has 1 aromatic rings. The molecule has 2 fully saturated rings. The van der Waals surface area contributed by atoms with Crippen LogP contribution >= 0.6 is 0 Å². The van der Waals surface area contributed by atoms with Gasteiger partial charge < -0.3 is 9.47 Å². The van der Waals surface area contributed by atoms with E-state index in [9.17, 15) is 8.42 Å². The lowest BCUT2D eigenvalue weighted by Crippen LogP contribution is -2.37. The highest BCUT2D eigenvalue weighted by Crippen LogP contribution is 2.22. The van der Waals surface area contributed by atoms with Crippen molar-refractivity contribution in [2.24, 2.45) is 0 Å². The van der Waals surface area contributed by atoms with Crippen LogP contribution in [0.4, 0.5) is 0 Å². The minimum atomic E-state index is -3.44. The monoisotopic (exact) mass is 269 g/mol. The minimum absolute atomic E-state index is 0.0437. The van der Waals surface area contributed by atoms with E-state index in [2.05, 4.69) is 0 Å². The van der Waals surface area contributed by atoms with Gasteiger partial charge in [0.25, 0.3) is 0 Å². The SMILES string of the molecule is O=S(=O)(c1ccccc1)N(C[C@H]1CO1)C[C@H]1CO1. The summed E-state index contributed by atoms with van der Waals surface area (Å²) in [5.74, 6) is 0. The second kappa shape index (κ2) is 4.62. The highest BCUT2D eigenvalue weighted by Gasteiger charge is 2.36. The summed E-state index contributed by atoms with van der Waals surface area (Å²) in [6.45, 7) is 2.12. The standard InChI is InChI=1S/C12H15NO4S/c14-18(15,12-4-2-1-3-5-12)13(6-10-8-16-10)7-11-9-17-11/h1-5,10-11H,6-9H2/t10-,11-/m0/s1. The Morgan fingerprint density at radius 1 is 1.06 bits per heavy atom. The van der Waals surface area contributed by atoms with E-state index in [1.165, 1.54) is 4.31 Å². The van der Waals surface area contributed by atoms with E-state index in [0.29, 0.717) is 31.2 Å². The molecule has 0 unspecified atom stereocenters. The second-order valence-electron chi connectivity index (χ2n) is 4.55. The number of benzene rings is 1. The molecule has 2 heterocycles. The Morgan fingerprint density at radius 3 is 2.00 bits per heavy atom. The van der Waals surface area contributed by atoms with Crippen LogP contribution in [0, 0.1) is 0 Å². The highest BCUT2D eigenvalue weighted by atomic mass is 32.2. The Labute approximate surface area is 106 Å². The molecule has 18 heavy (non-hydrogen) atoms. The van der Waals surface area contributed by atoms with E-state index in [4.69, 9.17) is 9.47 Å². The van der Waals surface area contributed by atoms with Crippen molar-refractivity contribution in [2.75, 3.05) is 26.3 Å². The maximum absolute atomic E-state index is 12.5. The Kier molecular flexibility index (Phi) is 3.11. The van der Waals surface area contributed by atoms with Crippen LogP contribution in [-0.4, -0.2) is 51.2 Å². The van der Waals surface area contributed by atoms with Crippen molar-refractivity contribution in [3.05, 3.63) is 30.3 Å². The first-order chi connectivity index (χ1) is 8.66. The average Bonchev–Trinajstić information content (AvgIpc) is 3.24. The highest BCUT2D eigenvalue weighted by molar-refractivity contribution is 7.89. The van der Waals surface area contributed by atoms with Gasteiger partial charge in [-0.15, -0.1) is 0 Å². The van der Waals surface area contributed by atoms with Crippen molar-refractivity contribution < 1.29 is 17.9 Å². The molecule has 2 saturated heterocycles. The van der Waals surface area contributed by atoms with Crippen LogP contribution in [0.15, 0.2) is 35.2 Å². The van der Waals surface area contributed by atoms with Crippen LogP contribution < -0.4 is 0 Å².